The third-order valence-electron chi connectivity index (χ3n) is 10.5. The Balaban J connectivity index is 1.44. The highest BCUT2D eigenvalue weighted by Crippen LogP contribution is 2.29. The van der Waals surface area contributed by atoms with E-state index < -0.39 is 113 Å². The van der Waals surface area contributed by atoms with E-state index in [1.54, 1.807) is 60.7 Å². The van der Waals surface area contributed by atoms with Crippen LogP contribution in [0.25, 0.3) is 0 Å². The second kappa shape index (κ2) is 21.7. The van der Waals surface area contributed by atoms with Gasteiger partial charge in [0, 0.05) is 25.0 Å². The number of amides is 6. The molecule has 0 saturated carbocycles. The second-order valence-corrected chi connectivity index (χ2v) is 15.9. The summed E-state index contributed by atoms with van der Waals surface area (Å²) < 4.78 is 5.80. The highest BCUT2D eigenvalue weighted by molar-refractivity contribution is 6.29. The van der Waals surface area contributed by atoms with Crippen molar-refractivity contribution < 1.29 is 63.8 Å². The van der Waals surface area contributed by atoms with E-state index in [9.17, 15) is 59.1 Å². The van der Waals surface area contributed by atoms with Gasteiger partial charge in [-0.15, -0.1) is 0 Å². The molecule has 0 aliphatic carbocycles. The molecule has 1 aromatic heterocycles. The lowest BCUT2D eigenvalue weighted by Gasteiger charge is -2.31. The highest BCUT2D eigenvalue weighted by Gasteiger charge is 2.39. The molecule has 1 fully saturated rings. The largest absolute Gasteiger partial charge is 0.508 e. The molecule has 6 amide bonds. The van der Waals surface area contributed by atoms with Gasteiger partial charge in [-0.1, -0.05) is 72.3 Å². The molecule has 0 spiro atoms. The number of halogens is 1. The number of rotatable bonds is 11. The van der Waals surface area contributed by atoms with Crippen molar-refractivity contribution in [1.82, 2.24) is 36.9 Å². The Morgan fingerprint density at radius 2 is 1.18 bits per heavy atom. The number of phenols is 4. The van der Waals surface area contributed by atoms with Crippen molar-refractivity contribution >= 4 is 53.0 Å². The predicted octanol–water partition coefficient (Wildman–Crippen LogP) is 1.18. The SMILES string of the molecule is CC1OC(=O)C(c2cc(O)cc(O)c2)NC(=O)C(c2cc(O)cc(O)c2)NC(=O)C(CO)NC(=O)C(Cc2ccccc2)NC(=O)C1NC(=O)C(Cc1ccccc1)NC(=O)c1ccc(Cl)[nH]1. The molecular formula is C46H46ClN7O13. The molecule has 350 valence electrons. The fourth-order valence-electron chi connectivity index (χ4n) is 7.17. The molecule has 67 heavy (non-hydrogen) atoms. The number of H-pyrrole nitrogens is 1. The first-order valence-corrected chi connectivity index (χ1v) is 21.0. The molecule has 1 saturated heterocycles. The maximum Gasteiger partial charge on any atom is 0.333 e. The van der Waals surface area contributed by atoms with Crippen molar-refractivity contribution in [2.24, 2.45) is 0 Å². The lowest BCUT2D eigenvalue weighted by molar-refractivity contribution is -0.156. The standard InChI is InChI=1S/C46H46ClN7O13/c1-23-37(52-42(62)34(15-25-10-6-3-7-11-25)49-40(60)32-12-13-36(47)48-32)44(64)50-33(14-24-8-4-2-5-9-24)41(61)51-35(22-55)43(63)53-38(26-16-28(56)20-29(57)17-26)45(65)54-39(46(66)67-23)27-18-30(58)21-31(59)19-27/h2-13,16-21,23,33-35,37-39,48,55-59H,14-15,22H2,1H3,(H,49,60)(H,50,64)(H,51,61)(H,52,62)(H,53,63)(H,54,65). The van der Waals surface area contributed by atoms with Gasteiger partial charge < -0.3 is 67.2 Å². The number of aromatic hydroxyl groups is 4. The van der Waals surface area contributed by atoms with Crippen LogP contribution >= 0.6 is 11.6 Å². The summed E-state index contributed by atoms with van der Waals surface area (Å²) >= 11 is 6.01. The van der Waals surface area contributed by atoms with Crippen LogP contribution in [0.15, 0.2) is 109 Å². The minimum absolute atomic E-state index is 0.000534. The molecule has 1 aliphatic heterocycles. The molecule has 21 heteroatoms. The molecule has 7 atom stereocenters. The minimum atomic E-state index is -1.97. The summed E-state index contributed by atoms with van der Waals surface area (Å²) in [7, 11) is 0. The zero-order chi connectivity index (χ0) is 48.4. The minimum Gasteiger partial charge on any atom is -0.508 e. The molecule has 4 aromatic carbocycles. The molecule has 0 bridgehead atoms. The maximum atomic E-state index is 14.6. The highest BCUT2D eigenvalue weighted by atomic mass is 35.5. The van der Waals surface area contributed by atoms with E-state index in [-0.39, 0.29) is 34.8 Å². The van der Waals surface area contributed by atoms with E-state index in [4.69, 9.17) is 16.3 Å². The summed E-state index contributed by atoms with van der Waals surface area (Å²) in [6, 6.07) is 14.9. The maximum absolute atomic E-state index is 14.6. The van der Waals surface area contributed by atoms with Gasteiger partial charge >= 0.3 is 5.97 Å². The molecule has 6 rings (SSSR count). The molecule has 12 N–H and O–H groups in total. The van der Waals surface area contributed by atoms with E-state index >= 15 is 0 Å². The van der Waals surface area contributed by atoms with E-state index in [1.807, 2.05) is 0 Å². The van der Waals surface area contributed by atoms with Gasteiger partial charge in [-0.3, -0.25) is 28.8 Å². The monoisotopic (exact) mass is 939 g/mol. The third kappa shape index (κ3) is 12.8. The van der Waals surface area contributed by atoms with Gasteiger partial charge in [0.1, 0.15) is 70.2 Å². The van der Waals surface area contributed by atoms with Crippen molar-refractivity contribution in [3.8, 4) is 23.0 Å². The molecule has 5 aromatic rings. The van der Waals surface area contributed by atoms with Crippen LogP contribution in [-0.4, -0.2) is 109 Å². The van der Waals surface area contributed by atoms with Crippen LogP contribution in [0.4, 0.5) is 0 Å². The molecule has 1 aliphatic rings. The van der Waals surface area contributed by atoms with Crippen LogP contribution in [0.3, 0.4) is 0 Å². The Bertz CT molecular complexity index is 2590. The summed E-state index contributed by atoms with van der Waals surface area (Å²) in [5, 5.41) is 66.9. The van der Waals surface area contributed by atoms with Crippen LogP contribution in [0.1, 0.15) is 51.7 Å². The number of ether oxygens (including phenoxy) is 1. The zero-order valence-corrected chi connectivity index (χ0v) is 36.2. The van der Waals surface area contributed by atoms with Crippen LogP contribution in [0, 0.1) is 0 Å². The van der Waals surface area contributed by atoms with Crippen molar-refractivity contribution in [1.29, 1.82) is 0 Å². The van der Waals surface area contributed by atoms with Gasteiger partial charge in [0.15, 0.2) is 6.04 Å². The van der Waals surface area contributed by atoms with Crippen molar-refractivity contribution in [2.75, 3.05) is 6.61 Å². The van der Waals surface area contributed by atoms with Crippen molar-refractivity contribution in [2.45, 2.75) is 62.1 Å². The molecule has 20 nitrogen and oxygen atoms in total. The number of benzene rings is 4. The first-order valence-electron chi connectivity index (χ1n) is 20.6. The number of aromatic amines is 1. The molecular weight excluding hydrogens is 894 g/mol. The summed E-state index contributed by atoms with van der Waals surface area (Å²) in [6.07, 6.45) is -2.03. The predicted molar refractivity (Wildman–Crippen MR) is 237 cm³/mol. The molecule has 0 radical (unpaired) electrons. The fraction of sp³-hybridized carbons (Fsp3) is 0.239. The number of carbonyl (C=O) groups is 7. The smallest absolute Gasteiger partial charge is 0.333 e. The first kappa shape index (κ1) is 48.4. The number of aliphatic hydroxyl groups is 1. The Hall–Kier alpha value is -8.10. The Morgan fingerprint density at radius 3 is 1.73 bits per heavy atom. The van der Waals surface area contributed by atoms with Crippen LogP contribution in [0.5, 0.6) is 23.0 Å². The number of phenolic OH excluding ortho intramolecular Hbond substituents is 4. The van der Waals surface area contributed by atoms with Gasteiger partial charge in [-0.2, -0.15) is 0 Å². The number of aromatic nitrogens is 1. The van der Waals surface area contributed by atoms with Gasteiger partial charge in [0.2, 0.25) is 29.5 Å². The lowest BCUT2D eigenvalue weighted by atomic mass is 10.0. The van der Waals surface area contributed by atoms with Crippen molar-refractivity contribution in [3.63, 3.8) is 0 Å². The number of esters is 1. The Morgan fingerprint density at radius 1 is 0.657 bits per heavy atom. The van der Waals surface area contributed by atoms with Gasteiger partial charge in [0.05, 0.1) is 6.61 Å². The van der Waals surface area contributed by atoms with Crippen LogP contribution in [-0.2, 0) is 46.3 Å². The fourth-order valence-corrected chi connectivity index (χ4v) is 7.33. The average molecular weight is 940 g/mol. The van der Waals surface area contributed by atoms with E-state index in [1.165, 1.54) is 19.1 Å². The topological polar surface area (TPSA) is 318 Å². The summed E-state index contributed by atoms with van der Waals surface area (Å²) in [5.41, 5.74) is 0.565. The Labute approximate surface area is 386 Å². The second-order valence-electron chi connectivity index (χ2n) is 15.5. The summed E-state index contributed by atoms with van der Waals surface area (Å²) in [4.78, 5) is 102. The number of hydrogen-bond donors (Lipinski definition) is 12. The number of carbonyl (C=O) groups excluding carboxylic acids is 7. The van der Waals surface area contributed by atoms with Crippen LogP contribution < -0.4 is 31.9 Å². The number of nitrogens with one attached hydrogen (secondary N) is 7. The number of aliphatic hydroxyl groups excluding tert-OH is 1. The average Bonchev–Trinajstić information content (AvgIpc) is 3.73. The normalized spacial score (nSPS) is 21.1. The van der Waals surface area contributed by atoms with E-state index in [2.05, 4.69) is 36.9 Å². The third-order valence-corrected chi connectivity index (χ3v) is 10.7. The number of hydrogen-bond acceptors (Lipinski definition) is 13. The number of cyclic esters (lactones) is 1. The molecule has 7 unspecified atom stereocenters. The van der Waals surface area contributed by atoms with Crippen LogP contribution in [0.2, 0.25) is 5.15 Å². The summed E-state index contributed by atoms with van der Waals surface area (Å²) in [5.74, 6) is -9.83. The van der Waals surface area contributed by atoms with E-state index in [0.29, 0.717) is 11.1 Å². The summed E-state index contributed by atoms with van der Waals surface area (Å²) in [6.45, 7) is 0.155. The van der Waals surface area contributed by atoms with Gasteiger partial charge in [-0.25, -0.2) is 4.79 Å². The lowest BCUT2D eigenvalue weighted by Crippen LogP contribution is -2.62. The quantitative estimate of drug-likeness (QED) is 0.0830. The zero-order valence-electron chi connectivity index (χ0n) is 35.4. The Kier molecular flexibility index (Phi) is 15.7. The molecule has 2 heterocycles. The van der Waals surface area contributed by atoms with Gasteiger partial charge in [-0.05, 0) is 65.6 Å². The van der Waals surface area contributed by atoms with Gasteiger partial charge in [0.25, 0.3) is 5.91 Å². The first-order chi connectivity index (χ1) is 32.0. The van der Waals surface area contributed by atoms with E-state index in [0.717, 1.165) is 36.4 Å². The van der Waals surface area contributed by atoms with Crippen molar-refractivity contribution in [3.05, 3.63) is 142 Å².